The SMILES string of the molecule is CC(=O)NCc1cc(Cl)ccc1OC(C(=O)Nn1c(C)cnc(NCCc2ccccn2)c1=O)C1CC1. The van der Waals surface area contributed by atoms with E-state index >= 15 is 0 Å². The Hall–Kier alpha value is -3.92. The highest BCUT2D eigenvalue weighted by molar-refractivity contribution is 6.30. The predicted molar refractivity (Wildman–Crippen MR) is 140 cm³/mol. The maximum Gasteiger partial charge on any atom is 0.312 e. The molecule has 2 heterocycles. The molecule has 1 saturated carbocycles. The van der Waals surface area contributed by atoms with E-state index in [0.717, 1.165) is 18.5 Å². The van der Waals surface area contributed by atoms with Crippen molar-refractivity contribution in [3.63, 3.8) is 0 Å². The molecular weight excluding hydrogens is 496 g/mol. The third-order valence-corrected chi connectivity index (χ3v) is 6.11. The van der Waals surface area contributed by atoms with Gasteiger partial charge < -0.3 is 15.4 Å². The summed E-state index contributed by atoms with van der Waals surface area (Å²) in [6.07, 6.45) is 4.68. The van der Waals surface area contributed by atoms with Crippen molar-refractivity contribution in [2.45, 2.75) is 45.8 Å². The van der Waals surface area contributed by atoms with Gasteiger partial charge in [-0.3, -0.25) is 24.8 Å². The van der Waals surface area contributed by atoms with Crippen molar-refractivity contribution in [1.82, 2.24) is 20.0 Å². The van der Waals surface area contributed by atoms with Crippen LogP contribution in [0, 0.1) is 12.8 Å². The third kappa shape index (κ3) is 7.07. The van der Waals surface area contributed by atoms with Gasteiger partial charge in [0.05, 0.1) is 11.9 Å². The highest BCUT2D eigenvalue weighted by Gasteiger charge is 2.39. The topological polar surface area (TPSA) is 127 Å². The number of aryl methyl sites for hydroxylation is 1. The van der Waals surface area contributed by atoms with Crippen molar-refractivity contribution in [3.8, 4) is 5.75 Å². The highest BCUT2D eigenvalue weighted by atomic mass is 35.5. The number of pyridine rings is 1. The number of anilines is 1. The molecule has 1 atom stereocenters. The predicted octanol–water partition coefficient (Wildman–Crippen LogP) is 2.82. The summed E-state index contributed by atoms with van der Waals surface area (Å²) in [4.78, 5) is 46.3. The summed E-state index contributed by atoms with van der Waals surface area (Å²) < 4.78 is 7.32. The number of nitrogens with zero attached hydrogens (tertiary/aromatic N) is 3. The van der Waals surface area contributed by atoms with E-state index < -0.39 is 17.6 Å². The molecule has 37 heavy (non-hydrogen) atoms. The number of ether oxygens (including phenoxy) is 1. The maximum absolute atomic E-state index is 13.3. The molecule has 11 heteroatoms. The van der Waals surface area contributed by atoms with Crippen molar-refractivity contribution >= 4 is 29.2 Å². The average molecular weight is 525 g/mol. The number of nitrogens with one attached hydrogen (secondary N) is 3. The number of aromatic nitrogens is 3. The van der Waals surface area contributed by atoms with E-state index in [-0.39, 0.29) is 24.2 Å². The fourth-order valence-electron chi connectivity index (χ4n) is 3.75. The molecule has 1 aromatic carbocycles. The molecule has 2 aromatic heterocycles. The van der Waals surface area contributed by atoms with Crippen LogP contribution in [-0.2, 0) is 22.6 Å². The number of benzene rings is 1. The van der Waals surface area contributed by atoms with Crippen LogP contribution >= 0.6 is 11.6 Å². The van der Waals surface area contributed by atoms with Gasteiger partial charge in [-0.15, -0.1) is 0 Å². The van der Waals surface area contributed by atoms with Crippen LogP contribution in [0.5, 0.6) is 5.75 Å². The van der Waals surface area contributed by atoms with Gasteiger partial charge in [-0.2, -0.15) is 0 Å². The normalized spacial score (nSPS) is 13.5. The van der Waals surface area contributed by atoms with Gasteiger partial charge in [-0.1, -0.05) is 17.7 Å². The molecule has 0 aliphatic heterocycles. The molecule has 194 valence electrons. The minimum Gasteiger partial charge on any atom is -0.480 e. The monoisotopic (exact) mass is 524 g/mol. The first-order chi connectivity index (χ1) is 17.8. The Morgan fingerprint density at radius 2 is 2.03 bits per heavy atom. The summed E-state index contributed by atoms with van der Waals surface area (Å²) >= 11 is 6.13. The molecule has 10 nitrogen and oxygen atoms in total. The van der Waals surface area contributed by atoms with Crippen LogP contribution in [-0.4, -0.2) is 39.1 Å². The first-order valence-corrected chi connectivity index (χ1v) is 12.4. The van der Waals surface area contributed by atoms with Crippen LogP contribution in [0.15, 0.2) is 53.6 Å². The van der Waals surface area contributed by atoms with Gasteiger partial charge in [0.25, 0.3) is 5.91 Å². The lowest BCUT2D eigenvalue weighted by Crippen LogP contribution is -2.44. The van der Waals surface area contributed by atoms with Crippen LogP contribution in [0.4, 0.5) is 5.82 Å². The lowest BCUT2D eigenvalue weighted by molar-refractivity contribution is -0.124. The van der Waals surface area contributed by atoms with E-state index in [1.54, 1.807) is 31.3 Å². The van der Waals surface area contributed by atoms with Crippen molar-refractivity contribution < 1.29 is 14.3 Å². The van der Waals surface area contributed by atoms with Crippen molar-refractivity contribution in [3.05, 3.63) is 81.1 Å². The van der Waals surface area contributed by atoms with Crippen LogP contribution in [0.1, 0.15) is 36.7 Å². The highest BCUT2D eigenvalue weighted by Crippen LogP contribution is 2.36. The first-order valence-electron chi connectivity index (χ1n) is 12.0. The van der Waals surface area contributed by atoms with Gasteiger partial charge in [-0.25, -0.2) is 9.66 Å². The molecule has 2 amide bonds. The lowest BCUT2D eigenvalue weighted by atomic mass is 10.1. The second-order valence-corrected chi connectivity index (χ2v) is 9.34. The maximum atomic E-state index is 13.3. The molecule has 1 fully saturated rings. The van der Waals surface area contributed by atoms with Gasteiger partial charge in [0.2, 0.25) is 5.91 Å². The first kappa shape index (κ1) is 26.2. The summed E-state index contributed by atoms with van der Waals surface area (Å²) in [5, 5.41) is 6.24. The summed E-state index contributed by atoms with van der Waals surface area (Å²) in [5.74, 6) is -0.0573. The minimum absolute atomic E-state index is 0.0121. The fraction of sp³-hybridized carbons (Fsp3) is 0.346. The number of carbonyl (C=O) groups is 2. The minimum atomic E-state index is -0.822. The smallest absolute Gasteiger partial charge is 0.312 e. The number of carbonyl (C=O) groups excluding carboxylic acids is 2. The van der Waals surface area contributed by atoms with Crippen molar-refractivity contribution in [2.24, 2.45) is 5.92 Å². The standard InChI is InChI=1S/C26H29ClN6O4/c1-16-14-31-24(29-12-10-21-5-3-4-11-28-21)26(36)33(16)32-25(35)23(18-6-7-18)37-22-9-8-20(27)13-19(22)15-30-17(2)34/h3-5,8-9,11,13-14,18,23H,6-7,10,12,15H2,1-2H3,(H,29,31)(H,30,34)(H,32,35). The number of rotatable bonds is 11. The van der Waals surface area contributed by atoms with E-state index in [1.807, 2.05) is 18.2 Å². The van der Waals surface area contributed by atoms with Crippen molar-refractivity contribution in [2.75, 3.05) is 17.3 Å². The number of amides is 2. The number of hydrogen-bond donors (Lipinski definition) is 3. The lowest BCUT2D eigenvalue weighted by Gasteiger charge is -2.22. The Morgan fingerprint density at radius 1 is 1.22 bits per heavy atom. The average Bonchev–Trinajstić information content (AvgIpc) is 3.72. The summed E-state index contributed by atoms with van der Waals surface area (Å²) in [5.41, 5.74) is 4.24. The second-order valence-electron chi connectivity index (χ2n) is 8.90. The van der Waals surface area contributed by atoms with Gasteiger partial charge in [0.1, 0.15) is 5.75 Å². The molecule has 1 unspecified atom stereocenters. The van der Waals surface area contributed by atoms with Crippen LogP contribution in [0.3, 0.4) is 0 Å². The molecule has 0 saturated heterocycles. The van der Waals surface area contributed by atoms with Gasteiger partial charge >= 0.3 is 5.56 Å². The Kier molecular flexibility index (Phi) is 8.39. The van der Waals surface area contributed by atoms with Crippen LogP contribution in [0.25, 0.3) is 0 Å². The molecule has 0 radical (unpaired) electrons. The van der Waals surface area contributed by atoms with Crippen molar-refractivity contribution in [1.29, 1.82) is 0 Å². The molecule has 0 spiro atoms. The second kappa shape index (κ2) is 11.9. The van der Waals surface area contributed by atoms with E-state index in [9.17, 15) is 14.4 Å². The van der Waals surface area contributed by atoms with E-state index in [1.165, 1.54) is 17.8 Å². The van der Waals surface area contributed by atoms with Crippen LogP contribution < -0.4 is 26.4 Å². The Balaban J connectivity index is 1.48. The number of hydrogen-bond acceptors (Lipinski definition) is 7. The molecule has 4 rings (SSSR count). The molecule has 1 aliphatic carbocycles. The summed E-state index contributed by atoms with van der Waals surface area (Å²) in [7, 11) is 0. The molecule has 3 N–H and O–H groups in total. The zero-order chi connectivity index (χ0) is 26.4. The van der Waals surface area contributed by atoms with E-state index in [2.05, 4.69) is 26.0 Å². The Labute approximate surface area is 219 Å². The molecule has 0 bridgehead atoms. The van der Waals surface area contributed by atoms with Gasteiger partial charge in [0, 0.05) is 54.8 Å². The largest absolute Gasteiger partial charge is 0.480 e. The fourth-order valence-corrected chi connectivity index (χ4v) is 3.94. The number of halogens is 1. The summed E-state index contributed by atoms with van der Waals surface area (Å²) in [6.45, 7) is 3.77. The molecular formula is C26H29ClN6O4. The Morgan fingerprint density at radius 3 is 2.73 bits per heavy atom. The third-order valence-electron chi connectivity index (χ3n) is 5.87. The zero-order valence-electron chi connectivity index (χ0n) is 20.7. The van der Waals surface area contributed by atoms with Crippen LogP contribution in [0.2, 0.25) is 5.02 Å². The summed E-state index contributed by atoms with van der Waals surface area (Å²) in [6, 6.07) is 10.7. The van der Waals surface area contributed by atoms with E-state index in [0.29, 0.717) is 35.0 Å². The molecule has 3 aromatic rings. The Bertz CT molecular complexity index is 1330. The quantitative estimate of drug-likeness (QED) is 0.352. The van der Waals surface area contributed by atoms with E-state index in [4.69, 9.17) is 16.3 Å². The van der Waals surface area contributed by atoms with Gasteiger partial charge in [0.15, 0.2) is 11.9 Å². The van der Waals surface area contributed by atoms with Gasteiger partial charge in [-0.05, 0) is 50.1 Å². The zero-order valence-corrected chi connectivity index (χ0v) is 21.4. The molecule has 1 aliphatic rings.